The van der Waals surface area contributed by atoms with Gasteiger partial charge in [-0.1, -0.05) is 6.07 Å². The van der Waals surface area contributed by atoms with Gasteiger partial charge in [-0.05, 0) is 25.3 Å². The highest BCUT2D eigenvalue weighted by Crippen LogP contribution is 2.38. The molecule has 2 bridgehead atoms. The monoisotopic (exact) mass is 471 g/mol. The number of fused-ring (bicyclic) bond motifs is 4. The van der Waals surface area contributed by atoms with Gasteiger partial charge in [-0.15, -0.1) is 36.2 Å². The molecule has 5 heterocycles. The number of nitrogens with one attached hydrogen (secondary N) is 2. The smallest absolute Gasteiger partial charge is 0.251 e. The Bertz CT molecular complexity index is 943. The molecule has 2 aromatic rings. The molecule has 30 heavy (non-hydrogen) atoms. The predicted molar refractivity (Wildman–Crippen MR) is 123 cm³/mol. The van der Waals surface area contributed by atoms with Crippen LogP contribution in [0.3, 0.4) is 0 Å². The quantitative estimate of drug-likeness (QED) is 0.714. The number of carbonyl (C=O) groups is 1. The number of thiazole rings is 1. The normalized spacial score (nSPS) is 24.4. The van der Waals surface area contributed by atoms with Gasteiger partial charge in [0.1, 0.15) is 6.04 Å². The Kier molecular flexibility index (Phi) is 7.44. The molecule has 3 aliphatic heterocycles. The van der Waals surface area contributed by atoms with E-state index in [0.29, 0.717) is 12.5 Å². The Morgan fingerprint density at radius 2 is 2.03 bits per heavy atom. The van der Waals surface area contributed by atoms with Crippen LogP contribution in [0.5, 0.6) is 0 Å². The average molecular weight is 472 g/mol. The number of pyridine rings is 1. The molecular formula is C20H27Cl2N5O2S. The van der Waals surface area contributed by atoms with E-state index >= 15 is 0 Å². The van der Waals surface area contributed by atoms with Crippen molar-refractivity contribution in [1.29, 1.82) is 0 Å². The highest BCUT2D eigenvalue weighted by atomic mass is 35.5. The first-order valence-corrected chi connectivity index (χ1v) is 11.0. The molecule has 0 unspecified atom stereocenters. The van der Waals surface area contributed by atoms with Crippen molar-refractivity contribution >= 4 is 47.2 Å². The van der Waals surface area contributed by atoms with Crippen molar-refractivity contribution in [3.8, 4) is 0 Å². The minimum absolute atomic E-state index is 0. The summed E-state index contributed by atoms with van der Waals surface area (Å²) in [5.41, 5.74) is 1.77. The lowest BCUT2D eigenvalue weighted by atomic mass is 9.79. The van der Waals surface area contributed by atoms with Gasteiger partial charge in [-0.25, -0.2) is 4.98 Å². The number of hydrogen-bond donors (Lipinski definition) is 2. The molecule has 10 heteroatoms. The van der Waals surface area contributed by atoms with Crippen molar-refractivity contribution in [3.63, 3.8) is 0 Å². The van der Waals surface area contributed by atoms with Crippen LogP contribution < -0.4 is 21.1 Å². The number of nitrogens with zero attached hydrogens (tertiary/aromatic N) is 3. The molecule has 2 saturated heterocycles. The molecule has 0 spiro atoms. The largest absolute Gasteiger partial charge is 0.349 e. The molecule has 0 aromatic carbocycles. The van der Waals surface area contributed by atoms with Crippen LogP contribution in [0.2, 0.25) is 0 Å². The highest BCUT2D eigenvalue weighted by Gasteiger charge is 2.41. The van der Waals surface area contributed by atoms with Gasteiger partial charge < -0.3 is 15.5 Å². The Labute approximate surface area is 192 Å². The number of hydrogen-bond acceptors (Lipinski definition) is 6. The number of anilines is 1. The van der Waals surface area contributed by atoms with Crippen LogP contribution in [0.25, 0.3) is 0 Å². The molecule has 7 nitrogen and oxygen atoms in total. The van der Waals surface area contributed by atoms with E-state index in [1.165, 1.54) is 12.8 Å². The maximum Gasteiger partial charge on any atom is 0.251 e. The van der Waals surface area contributed by atoms with E-state index in [1.807, 2.05) is 11.4 Å². The van der Waals surface area contributed by atoms with Crippen LogP contribution >= 0.6 is 36.2 Å². The summed E-state index contributed by atoms with van der Waals surface area (Å²) in [6, 6.07) is 4.89. The predicted octanol–water partition coefficient (Wildman–Crippen LogP) is 2.31. The van der Waals surface area contributed by atoms with E-state index in [0.717, 1.165) is 49.1 Å². The molecule has 3 atom stereocenters. The summed E-state index contributed by atoms with van der Waals surface area (Å²) in [5.74, 6) is 0.359. The first kappa shape index (κ1) is 23.1. The summed E-state index contributed by atoms with van der Waals surface area (Å²) in [5, 5.41) is 9.53. The second-order valence-electron chi connectivity index (χ2n) is 7.99. The van der Waals surface area contributed by atoms with E-state index in [-0.39, 0.29) is 42.2 Å². The zero-order chi connectivity index (χ0) is 19.1. The van der Waals surface area contributed by atoms with E-state index in [2.05, 4.69) is 20.5 Å². The summed E-state index contributed by atoms with van der Waals surface area (Å²) in [7, 11) is 0. The molecule has 5 rings (SSSR count). The first-order chi connectivity index (χ1) is 13.7. The number of carbonyl (C=O) groups excluding carboxylic acids is 1. The third-order valence-electron chi connectivity index (χ3n) is 6.18. The lowest BCUT2D eigenvalue weighted by Gasteiger charge is -2.42. The minimum Gasteiger partial charge on any atom is -0.349 e. The minimum atomic E-state index is -0.454. The summed E-state index contributed by atoms with van der Waals surface area (Å²) in [4.78, 5) is 32.7. The standard InChI is InChI=1S/C20H25N5O2S.2ClH/c26-17-5-3-4-16-13-8-14(10-21-9-13)18(25(16)17)19(27)22-11-15-12-28-20(23-15)24-6-1-2-7-24;;/h3-5,12-14,18,21H,1-2,6-11H2,(H,22,27);2*1H/t13-,14+,18-;;/m1../s1. The van der Waals surface area contributed by atoms with Crippen LogP contribution in [0.15, 0.2) is 28.4 Å². The van der Waals surface area contributed by atoms with E-state index in [4.69, 9.17) is 0 Å². The third-order valence-corrected chi connectivity index (χ3v) is 7.13. The number of aromatic nitrogens is 2. The van der Waals surface area contributed by atoms with Crippen molar-refractivity contribution in [2.75, 3.05) is 31.1 Å². The molecule has 0 radical (unpaired) electrons. The number of piperidine rings is 1. The molecule has 164 valence electrons. The second kappa shape index (κ2) is 9.68. The summed E-state index contributed by atoms with van der Waals surface area (Å²) in [6.07, 6.45) is 3.39. The van der Waals surface area contributed by atoms with Gasteiger partial charge in [0.2, 0.25) is 5.91 Å². The van der Waals surface area contributed by atoms with Crippen molar-refractivity contribution in [2.45, 2.75) is 37.8 Å². The van der Waals surface area contributed by atoms with Gasteiger partial charge >= 0.3 is 0 Å². The van der Waals surface area contributed by atoms with Crippen molar-refractivity contribution in [2.24, 2.45) is 5.92 Å². The van der Waals surface area contributed by atoms with Gasteiger partial charge in [-0.3, -0.25) is 14.2 Å². The van der Waals surface area contributed by atoms with Gasteiger partial charge in [0.05, 0.1) is 12.2 Å². The molecule has 0 saturated carbocycles. The summed E-state index contributed by atoms with van der Waals surface area (Å²) >= 11 is 1.64. The van der Waals surface area contributed by atoms with Crippen LogP contribution in [-0.4, -0.2) is 41.6 Å². The molecule has 2 N–H and O–H groups in total. The first-order valence-electron chi connectivity index (χ1n) is 10.1. The number of halogens is 2. The van der Waals surface area contributed by atoms with E-state index < -0.39 is 6.04 Å². The van der Waals surface area contributed by atoms with Crippen LogP contribution in [0, 0.1) is 5.92 Å². The molecule has 2 fully saturated rings. The van der Waals surface area contributed by atoms with Gasteiger partial charge in [-0.2, -0.15) is 0 Å². The summed E-state index contributed by atoms with van der Waals surface area (Å²) in [6.45, 7) is 4.17. The molecule has 1 amide bonds. The van der Waals surface area contributed by atoms with E-state index in [1.54, 1.807) is 28.0 Å². The fourth-order valence-electron chi connectivity index (χ4n) is 4.84. The fourth-order valence-corrected chi connectivity index (χ4v) is 5.72. The Morgan fingerprint density at radius 3 is 2.83 bits per heavy atom. The van der Waals surface area contributed by atoms with Gasteiger partial charge in [0, 0.05) is 55.2 Å². The third kappa shape index (κ3) is 4.23. The Morgan fingerprint density at radius 1 is 1.23 bits per heavy atom. The van der Waals surface area contributed by atoms with Crippen LogP contribution in [0.4, 0.5) is 5.13 Å². The van der Waals surface area contributed by atoms with Crippen molar-refractivity contribution in [1.82, 2.24) is 20.2 Å². The zero-order valence-corrected chi connectivity index (χ0v) is 19.0. The highest BCUT2D eigenvalue weighted by molar-refractivity contribution is 7.13. The maximum absolute atomic E-state index is 13.1. The van der Waals surface area contributed by atoms with Gasteiger partial charge in [0.15, 0.2) is 5.13 Å². The van der Waals surface area contributed by atoms with Crippen LogP contribution in [0.1, 0.15) is 42.6 Å². The fraction of sp³-hybridized carbons (Fsp3) is 0.550. The van der Waals surface area contributed by atoms with Gasteiger partial charge in [0.25, 0.3) is 5.56 Å². The number of amides is 1. The van der Waals surface area contributed by atoms with E-state index in [9.17, 15) is 9.59 Å². The van der Waals surface area contributed by atoms with Crippen LogP contribution in [-0.2, 0) is 11.3 Å². The lowest BCUT2D eigenvalue weighted by Crippen LogP contribution is -2.52. The van der Waals surface area contributed by atoms with Crippen molar-refractivity contribution in [3.05, 3.63) is 45.3 Å². The topological polar surface area (TPSA) is 79.3 Å². The lowest BCUT2D eigenvalue weighted by molar-refractivity contribution is -0.127. The molecular weight excluding hydrogens is 445 g/mol. The summed E-state index contributed by atoms with van der Waals surface area (Å²) < 4.78 is 1.73. The average Bonchev–Trinajstić information content (AvgIpc) is 3.39. The molecule has 3 aliphatic rings. The molecule has 0 aliphatic carbocycles. The molecule has 2 aromatic heterocycles. The Balaban J connectivity index is 0.00000128. The number of rotatable bonds is 4. The zero-order valence-electron chi connectivity index (χ0n) is 16.6. The second-order valence-corrected chi connectivity index (χ2v) is 8.82. The van der Waals surface area contributed by atoms with Crippen molar-refractivity contribution < 1.29 is 4.79 Å². The Hall–Kier alpha value is -1.61. The maximum atomic E-state index is 13.1. The SMILES string of the molecule is Cl.Cl.O=C(NCc1csc(N2CCCC2)n1)[C@H]1[C@@H]2CNC[C@@H](C2)c2cccc(=O)n21.